The molecule has 0 aromatic heterocycles. The molecule has 1 saturated heterocycles. The number of nitriles is 1. The Morgan fingerprint density at radius 1 is 1.16 bits per heavy atom. The third kappa shape index (κ3) is 5.50. The Bertz CT molecular complexity index is 1370. The van der Waals surface area contributed by atoms with E-state index < -0.39 is 40.7 Å². The van der Waals surface area contributed by atoms with Gasteiger partial charge in [-0.2, -0.15) is 18.4 Å². The summed E-state index contributed by atoms with van der Waals surface area (Å²) in [4.78, 5) is 39.0. The number of benzene rings is 2. The molecule has 0 radical (unpaired) electrons. The Hall–Kier alpha value is -4.55. The largest absolute Gasteiger partial charge is 0.507 e. The van der Waals surface area contributed by atoms with Crippen molar-refractivity contribution < 1.29 is 37.4 Å². The average molecular weight is 514 g/mol. The van der Waals surface area contributed by atoms with E-state index in [1.54, 1.807) is 0 Å². The summed E-state index contributed by atoms with van der Waals surface area (Å²) in [6.45, 7) is 2.67. The maximum atomic E-state index is 13.4. The molecule has 0 bridgehead atoms. The van der Waals surface area contributed by atoms with Crippen LogP contribution in [0.5, 0.6) is 5.75 Å². The van der Waals surface area contributed by atoms with Crippen LogP contribution in [-0.2, 0) is 22.3 Å². The molecule has 3 rings (SSSR count). The second-order valence-electron chi connectivity index (χ2n) is 8.47. The summed E-state index contributed by atoms with van der Waals surface area (Å²) in [5.41, 5.74) is 2.11. The van der Waals surface area contributed by atoms with Gasteiger partial charge >= 0.3 is 12.2 Å². The number of primary amides is 1. The first-order valence-electron chi connectivity index (χ1n) is 10.7. The molecule has 1 aliphatic heterocycles. The summed E-state index contributed by atoms with van der Waals surface area (Å²) in [6.07, 6.45) is -4.85. The Balaban J connectivity index is 1.69. The Kier molecular flexibility index (Phi) is 7.46. The molecule has 0 aliphatic carbocycles. The van der Waals surface area contributed by atoms with Gasteiger partial charge in [0.05, 0.1) is 41.6 Å². The lowest BCUT2D eigenvalue weighted by Crippen LogP contribution is -2.44. The number of halogens is 3. The third-order valence-electron chi connectivity index (χ3n) is 5.64. The number of nitrogens with two attached hydrogens (primary N) is 1. The zero-order valence-corrected chi connectivity index (χ0v) is 19.7. The van der Waals surface area contributed by atoms with Gasteiger partial charge in [0.15, 0.2) is 0 Å². The van der Waals surface area contributed by atoms with Crippen molar-refractivity contribution in [1.29, 1.82) is 5.26 Å². The van der Waals surface area contributed by atoms with Crippen molar-refractivity contribution in [1.82, 2.24) is 4.90 Å². The van der Waals surface area contributed by atoms with Crippen LogP contribution in [0.3, 0.4) is 0 Å². The number of carbonyl (C=O) groups excluding carboxylic acids is 3. The van der Waals surface area contributed by atoms with E-state index in [1.807, 2.05) is 0 Å². The van der Waals surface area contributed by atoms with E-state index in [-0.39, 0.29) is 36.8 Å². The van der Waals surface area contributed by atoms with Crippen LogP contribution in [0, 0.1) is 23.2 Å². The van der Waals surface area contributed by atoms with Gasteiger partial charge in [-0.25, -0.2) is 9.69 Å². The third-order valence-corrected chi connectivity index (χ3v) is 5.64. The SMILES string of the molecule is CC1(C)C(=O)N(c2ccc(C#N)c(C(F)(F)F)c2)C(=O)N1CC#CCOCc1ccc(O)c(C(N)=O)c1. The first kappa shape index (κ1) is 27.0. The average Bonchev–Trinajstić information content (AvgIpc) is 2.99. The molecule has 1 heterocycles. The zero-order chi connectivity index (χ0) is 27.5. The lowest BCUT2D eigenvalue weighted by Gasteiger charge is -2.25. The van der Waals surface area contributed by atoms with Crippen LogP contribution in [-0.4, -0.2) is 46.5 Å². The number of urea groups is 1. The minimum Gasteiger partial charge on any atom is -0.507 e. The quantitative estimate of drug-likeness (QED) is 0.345. The van der Waals surface area contributed by atoms with Gasteiger partial charge in [0.2, 0.25) is 0 Å². The van der Waals surface area contributed by atoms with E-state index in [4.69, 9.17) is 15.7 Å². The summed E-state index contributed by atoms with van der Waals surface area (Å²) in [5, 5.41) is 18.6. The second kappa shape index (κ2) is 10.2. The molecule has 192 valence electrons. The molecule has 4 amide bonds. The number of anilines is 1. The smallest absolute Gasteiger partial charge is 0.417 e. The molecule has 0 spiro atoms. The fourth-order valence-electron chi connectivity index (χ4n) is 3.61. The molecule has 9 nitrogen and oxygen atoms in total. The standard InChI is InChI=1S/C25H21F3N4O5/c1-24(2)22(35)32(17-7-6-16(13-29)19(12-17)25(26,27)28)23(36)31(24)9-3-4-10-37-14-15-5-8-20(33)18(11-15)21(30)34/h5-8,11-12,33H,9-10,14H2,1-2H3,(H2,30,34). The number of ether oxygens (including phenoxy) is 1. The summed E-state index contributed by atoms with van der Waals surface area (Å²) in [6, 6.07) is 7.43. The van der Waals surface area contributed by atoms with E-state index in [0.717, 1.165) is 17.0 Å². The first-order valence-corrected chi connectivity index (χ1v) is 10.7. The van der Waals surface area contributed by atoms with Crippen molar-refractivity contribution in [3.63, 3.8) is 0 Å². The normalized spacial score (nSPS) is 14.8. The van der Waals surface area contributed by atoms with Crippen LogP contribution < -0.4 is 10.6 Å². The Morgan fingerprint density at radius 2 is 1.86 bits per heavy atom. The van der Waals surface area contributed by atoms with Crippen molar-refractivity contribution in [2.24, 2.45) is 5.73 Å². The number of aromatic hydroxyl groups is 1. The highest BCUT2D eigenvalue weighted by Crippen LogP contribution is 2.37. The molecule has 2 aromatic carbocycles. The van der Waals surface area contributed by atoms with Crippen molar-refractivity contribution in [2.75, 3.05) is 18.1 Å². The van der Waals surface area contributed by atoms with Gasteiger partial charge in [-0.15, -0.1) is 0 Å². The van der Waals surface area contributed by atoms with E-state index in [0.29, 0.717) is 16.5 Å². The second-order valence-corrected chi connectivity index (χ2v) is 8.47. The number of amides is 4. The lowest BCUT2D eigenvalue weighted by molar-refractivity contribution is -0.137. The van der Waals surface area contributed by atoms with Gasteiger partial charge in [-0.05, 0) is 49.7 Å². The Labute approximate surface area is 209 Å². The van der Waals surface area contributed by atoms with Crippen molar-refractivity contribution >= 4 is 23.5 Å². The fraction of sp³-hybridized carbons (Fsp3) is 0.280. The van der Waals surface area contributed by atoms with Gasteiger partial charge in [0, 0.05) is 0 Å². The van der Waals surface area contributed by atoms with Crippen LogP contribution in [0.2, 0.25) is 0 Å². The van der Waals surface area contributed by atoms with Crippen molar-refractivity contribution in [3.05, 3.63) is 58.7 Å². The predicted molar refractivity (Wildman–Crippen MR) is 124 cm³/mol. The topological polar surface area (TPSA) is 137 Å². The van der Waals surface area contributed by atoms with E-state index >= 15 is 0 Å². The van der Waals surface area contributed by atoms with E-state index in [1.165, 1.54) is 38.1 Å². The van der Waals surface area contributed by atoms with Gasteiger partial charge < -0.3 is 15.6 Å². The van der Waals surface area contributed by atoms with Crippen LogP contribution in [0.15, 0.2) is 36.4 Å². The van der Waals surface area contributed by atoms with Gasteiger partial charge in [-0.3, -0.25) is 14.5 Å². The first-order chi connectivity index (χ1) is 17.3. The maximum Gasteiger partial charge on any atom is 0.417 e. The number of carbonyl (C=O) groups is 3. The summed E-state index contributed by atoms with van der Waals surface area (Å²) < 4.78 is 45.5. The maximum absolute atomic E-state index is 13.4. The van der Waals surface area contributed by atoms with Crippen LogP contribution in [0.1, 0.15) is 40.9 Å². The fourth-order valence-corrected chi connectivity index (χ4v) is 3.61. The molecular weight excluding hydrogens is 493 g/mol. The molecule has 1 aliphatic rings. The number of rotatable bonds is 6. The molecule has 0 unspecified atom stereocenters. The van der Waals surface area contributed by atoms with Crippen LogP contribution in [0.25, 0.3) is 0 Å². The molecule has 37 heavy (non-hydrogen) atoms. The number of hydrogen-bond acceptors (Lipinski definition) is 6. The predicted octanol–water partition coefficient (Wildman–Crippen LogP) is 3.15. The van der Waals surface area contributed by atoms with E-state index in [9.17, 15) is 32.7 Å². The van der Waals surface area contributed by atoms with Gasteiger partial charge in [-0.1, -0.05) is 17.9 Å². The Morgan fingerprint density at radius 3 is 2.49 bits per heavy atom. The number of phenols is 1. The van der Waals surface area contributed by atoms with Crippen molar-refractivity contribution in [3.8, 4) is 23.7 Å². The highest BCUT2D eigenvalue weighted by molar-refractivity contribution is 6.23. The van der Waals surface area contributed by atoms with Crippen molar-refractivity contribution in [2.45, 2.75) is 32.2 Å². The molecule has 0 saturated carbocycles. The summed E-state index contributed by atoms with van der Waals surface area (Å²) >= 11 is 0. The molecule has 0 atom stereocenters. The number of hydrogen-bond donors (Lipinski definition) is 2. The van der Waals surface area contributed by atoms with Crippen LogP contribution >= 0.6 is 0 Å². The van der Waals surface area contributed by atoms with Gasteiger partial charge in [0.25, 0.3) is 11.8 Å². The minimum absolute atomic E-state index is 0.0515. The number of nitrogens with zero attached hydrogens (tertiary/aromatic N) is 3. The number of imide groups is 1. The minimum atomic E-state index is -4.85. The van der Waals surface area contributed by atoms with Gasteiger partial charge in [0.1, 0.15) is 17.9 Å². The summed E-state index contributed by atoms with van der Waals surface area (Å²) in [7, 11) is 0. The molecule has 12 heteroatoms. The molecular formula is C25H21F3N4O5. The molecule has 1 fully saturated rings. The number of alkyl halides is 3. The molecule has 2 aromatic rings. The van der Waals surface area contributed by atoms with E-state index in [2.05, 4.69) is 11.8 Å². The van der Waals surface area contributed by atoms with Crippen LogP contribution in [0.4, 0.5) is 23.7 Å². The highest BCUT2D eigenvalue weighted by Gasteiger charge is 2.52. The lowest BCUT2D eigenvalue weighted by atomic mass is 10.0. The molecule has 3 N–H and O–H groups in total. The monoisotopic (exact) mass is 514 g/mol. The highest BCUT2D eigenvalue weighted by atomic mass is 19.4. The summed E-state index contributed by atoms with van der Waals surface area (Å²) in [5.74, 6) is 3.58. The zero-order valence-electron chi connectivity index (χ0n) is 19.7.